The summed E-state index contributed by atoms with van der Waals surface area (Å²) in [6.45, 7) is 3.82. The largest absolute Gasteiger partial charge is 0.391 e. The van der Waals surface area contributed by atoms with Crippen LogP contribution in [0.3, 0.4) is 0 Å². The predicted molar refractivity (Wildman–Crippen MR) is 56.0 cm³/mol. The van der Waals surface area contributed by atoms with Gasteiger partial charge in [0.1, 0.15) is 0 Å². The molecule has 2 atom stereocenters. The van der Waals surface area contributed by atoms with Gasteiger partial charge in [-0.3, -0.25) is 0 Å². The average molecular weight is 179 g/mol. The van der Waals surface area contributed by atoms with Crippen LogP contribution in [0.2, 0.25) is 0 Å². The Morgan fingerprint density at radius 2 is 1.69 bits per heavy atom. The first-order valence-electron chi connectivity index (χ1n) is 4.59. The first kappa shape index (κ1) is 10.1. The standard InChI is InChI=1S/C11H17NO/c1-9(10(2)13)12(3)11-7-5-4-6-8-11/h4-10,13H,1-3H3/t9-,10+/m1/s1. The third-order valence-corrected chi connectivity index (χ3v) is 2.47. The lowest BCUT2D eigenvalue weighted by atomic mass is 10.1. The maximum atomic E-state index is 9.41. The number of hydrogen-bond donors (Lipinski definition) is 1. The zero-order valence-corrected chi connectivity index (χ0v) is 8.44. The summed E-state index contributed by atoms with van der Waals surface area (Å²) in [6.07, 6.45) is -0.315. The van der Waals surface area contributed by atoms with E-state index < -0.39 is 0 Å². The van der Waals surface area contributed by atoms with Crippen molar-refractivity contribution >= 4 is 5.69 Å². The molecule has 0 bridgehead atoms. The number of rotatable bonds is 3. The SMILES string of the molecule is C[C@H](O)[C@@H](C)N(C)c1ccccc1. The molecule has 0 radical (unpaired) electrons. The van der Waals surface area contributed by atoms with Gasteiger partial charge in [-0.25, -0.2) is 0 Å². The van der Waals surface area contributed by atoms with Crippen LogP contribution >= 0.6 is 0 Å². The summed E-state index contributed by atoms with van der Waals surface area (Å²) in [5.41, 5.74) is 1.14. The van der Waals surface area contributed by atoms with E-state index in [2.05, 4.69) is 4.90 Å². The summed E-state index contributed by atoms with van der Waals surface area (Å²) in [5.74, 6) is 0. The molecule has 0 spiro atoms. The third kappa shape index (κ3) is 2.46. The number of hydrogen-bond acceptors (Lipinski definition) is 2. The number of anilines is 1. The number of nitrogens with zero attached hydrogens (tertiary/aromatic N) is 1. The van der Waals surface area contributed by atoms with Crippen molar-refractivity contribution in [1.29, 1.82) is 0 Å². The van der Waals surface area contributed by atoms with Gasteiger partial charge in [0.15, 0.2) is 0 Å². The van der Waals surface area contributed by atoms with Gasteiger partial charge >= 0.3 is 0 Å². The fourth-order valence-electron chi connectivity index (χ4n) is 1.22. The van der Waals surface area contributed by atoms with Crippen LogP contribution in [0, 0.1) is 0 Å². The van der Waals surface area contributed by atoms with E-state index in [0.717, 1.165) is 5.69 Å². The predicted octanol–water partition coefficient (Wildman–Crippen LogP) is 1.89. The summed E-state index contributed by atoms with van der Waals surface area (Å²) >= 11 is 0. The Morgan fingerprint density at radius 3 is 2.15 bits per heavy atom. The maximum absolute atomic E-state index is 9.41. The highest BCUT2D eigenvalue weighted by molar-refractivity contribution is 5.46. The molecule has 0 saturated heterocycles. The minimum atomic E-state index is -0.315. The number of aliphatic hydroxyl groups is 1. The van der Waals surface area contributed by atoms with Crippen molar-refractivity contribution in [3.8, 4) is 0 Å². The van der Waals surface area contributed by atoms with Crippen LogP contribution in [-0.2, 0) is 0 Å². The quantitative estimate of drug-likeness (QED) is 0.766. The molecule has 1 rings (SSSR count). The molecule has 1 N–H and O–H groups in total. The molecule has 1 aromatic rings. The van der Waals surface area contributed by atoms with Crippen LogP contribution < -0.4 is 4.90 Å². The molecule has 0 aliphatic carbocycles. The fraction of sp³-hybridized carbons (Fsp3) is 0.455. The number of aliphatic hydroxyl groups excluding tert-OH is 1. The number of likely N-dealkylation sites (N-methyl/N-ethyl adjacent to an activating group) is 1. The van der Waals surface area contributed by atoms with Gasteiger partial charge < -0.3 is 10.0 Å². The molecule has 0 unspecified atom stereocenters. The van der Waals surface area contributed by atoms with E-state index in [1.807, 2.05) is 51.2 Å². The second-order valence-corrected chi connectivity index (χ2v) is 3.43. The van der Waals surface area contributed by atoms with Crippen LogP contribution in [0.5, 0.6) is 0 Å². The van der Waals surface area contributed by atoms with Gasteiger partial charge in [-0.05, 0) is 26.0 Å². The Morgan fingerprint density at radius 1 is 1.15 bits per heavy atom. The lowest BCUT2D eigenvalue weighted by Gasteiger charge is -2.28. The topological polar surface area (TPSA) is 23.5 Å². The Bertz CT molecular complexity index is 246. The van der Waals surface area contributed by atoms with Gasteiger partial charge in [-0.15, -0.1) is 0 Å². The van der Waals surface area contributed by atoms with Crippen LogP contribution in [0.4, 0.5) is 5.69 Å². The third-order valence-electron chi connectivity index (χ3n) is 2.47. The molecule has 13 heavy (non-hydrogen) atoms. The van der Waals surface area contributed by atoms with E-state index in [0.29, 0.717) is 0 Å². The van der Waals surface area contributed by atoms with Crippen molar-refractivity contribution in [2.45, 2.75) is 26.0 Å². The molecule has 0 saturated carbocycles. The molecule has 0 fully saturated rings. The van der Waals surface area contributed by atoms with E-state index >= 15 is 0 Å². The second-order valence-electron chi connectivity index (χ2n) is 3.43. The van der Waals surface area contributed by atoms with Crippen molar-refractivity contribution in [3.63, 3.8) is 0 Å². The van der Waals surface area contributed by atoms with Crippen molar-refractivity contribution in [1.82, 2.24) is 0 Å². The van der Waals surface area contributed by atoms with Crippen molar-refractivity contribution < 1.29 is 5.11 Å². The van der Waals surface area contributed by atoms with E-state index in [1.165, 1.54) is 0 Å². The maximum Gasteiger partial charge on any atom is 0.0712 e. The zero-order valence-electron chi connectivity index (χ0n) is 8.44. The highest BCUT2D eigenvalue weighted by atomic mass is 16.3. The lowest BCUT2D eigenvalue weighted by molar-refractivity contribution is 0.168. The van der Waals surface area contributed by atoms with Crippen LogP contribution in [0.1, 0.15) is 13.8 Å². The van der Waals surface area contributed by atoms with E-state index in [9.17, 15) is 5.11 Å². The highest BCUT2D eigenvalue weighted by Gasteiger charge is 2.14. The molecule has 2 heteroatoms. The molecule has 0 heterocycles. The van der Waals surface area contributed by atoms with Gasteiger partial charge in [0.2, 0.25) is 0 Å². The zero-order chi connectivity index (χ0) is 9.84. The smallest absolute Gasteiger partial charge is 0.0712 e. The fourth-order valence-corrected chi connectivity index (χ4v) is 1.22. The molecule has 0 aliphatic rings. The van der Waals surface area contributed by atoms with Crippen LogP contribution in [0.15, 0.2) is 30.3 Å². The monoisotopic (exact) mass is 179 g/mol. The van der Waals surface area contributed by atoms with Crippen LogP contribution in [-0.4, -0.2) is 24.3 Å². The Hall–Kier alpha value is -1.02. The molecule has 1 aromatic carbocycles. The summed E-state index contributed by atoms with van der Waals surface area (Å²) in [6, 6.07) is 10.2. The molecule has 2 nitrogen and oxygen atoms in total. The Labute approximate surface area is 79.8 Å². The van der Waals surface area contributed by atoms with Crippen molar-refractivity contribution in [2.75, 3.05) is 11.9 Å². The highest BCUT2D eigenvalue weighted by Crippen LogP contribution is 2.15. The van der Waals surface area contributed by atoms with Crippen molar-refractivity contribution in [3.05, 3.63) is 30.3 Å². The van der Waals surface area contributed by atoms with Gasteiger partial charge in [0.25, 0.3) is 0 Å². The Balaban J connectivity index is 2.73. The average Bonchev–Trinajstić information content (AvgIpc) is 2.17. The lowest BCUT2D eigenvalue weighted by Crippen LogP contribution is -2.37. The molecular weight excluding hydrogens is 162 g/mol. The van der Waals surface area contributed by atoms with Gasteiger partial charge in [-0.2, -0.15) is 0 Å². The van der Waals surface area contributed by atoms with Gasteiger partial charge in [0, 0.05) is 12.7 Å². The normalized spacial score (nSPS) is 15.1. The summed E-state index contributed by atoms with van der Waals surface area (Å²) in [7, 11) is 1.99. The number of benzene rings is 1. The Kier molecular flexibility index (Phi) is 3.32. The molecule has 72 valence electrons. The van der Waals surface area contributed by atoms with Crippen molar-refractivity contribution in [2.24, 2.45) is 0 Å². The molecule has 0 aliphatic heterocycles. The van der Waals surface area contributed by atoms with Crippen LogP contribution in [0.25, 0.3) is 0 Å². The molecular formula is C11H17NO. The van der Waals surface area contributed by atoms with E-state index in [1.54, 1.807) is 0 Å². The molecule has 0 aromatic heterocycles. The first-order chi connectivity index (χ1) is 6.13. The summed E-state index contributed by atoms with van der Waals surface area (Å²) in [4.78, 5) is 2.07. The minimum Gasteiger partial charge on any atom is -0.391 e. The van der Waals surface area contributed by atoms with E-state index in [4.69, 9.17) is 0 Å². The summed E-state index contributed by atoms with van der Waals surface area (Å²) < 4.78 is 0. The first-order valence-corrected chi connectivity index (χ1v) is 4.59. The van der Waals surface area contributed by atoms with Gasteiger partial charge in [0.05, 0.1) is 12.1 Å². The number of para-hydroxylation sites is 1. The summed E-state index contributed by atoms with van der Waals surface area (Å²) in [5, 5.41) is 9.41. The van der Waals surface area contributed by atoms with Gasteiger partial charge in [-0.1, -0.05) is 18.2 Å². The molecule has 0 amide bonds. The minimum absolute atomic E-state index is 0.141. The second kappa shape index (κ2) is 4.28. The van der Waals surface area contributed by atoms with E-state index in [-0.39, 0.29) is 12.1 Å².